The molecule has 0 spiro atoms. The predicted octanol–water partition coefficient (Wildman–Crippen LogP) is 3.30. The molecule has 1 aromatic heterocycles. The number of hydrogen-bond acceptors (Lipinski definition) is 5. The maximum absolute atomic E-state index is 12.0. The molecule has 0 unspecified atom stereocenters. The van der Waals surface area contributed by atoms with E-state index in [1.54, 1.807) is 6.92 Å². The zero-order valence-corrected chi connectivity index (χ0v) is 12.0. The van der Waals surface area contributed by atoms with Gasteiger partial charge < -0.3 is 16.2 Å². The molecule has 0 saturated heterocycles. The lowest BCUT2D eigenvalue weighted by atomic mass is 10.3. The number of phenolic OH excluding ortho intramolecular Hbond substituents is 1. The second kappa shape index (κ2) is 5.24. The number of anilines is 2. The molecule has 19 heavy (non-hydrogen) atoms. The van der Waals surface area contributed by atoms with Crippen LogP contribution in [0.3, 0.4) is 0 Å². The number of halogens is 2. The van der Waals surface area contributed by atoms with Gasteiger partial charge in [0.2, 0.25) is 0 Å². The van der Waals surface area contributed by atoms with Crippen molar-refractivity contribution in [1.82, 2.24) is 4.98 Å². The number of phenols is 1. The molecule has 0 saturated carbocycles. The zero-order valence-electron chi connectivity index (χ0n) is 9.70. The van der Waals surface area contributed by atoms with Crippen LogP contribution in [0, 0.1) is 6.92 Å². The van der Waals surface area contributed by atoms with E-state index in [2.05, 4.69) is 10.3 Å². The van der Waals surface area contributed by atoms with E-state index in [9.17, 15) is 9.90 Å². The highest BCUT2D eigenvalue weighted by Crippen LogP contribution is 2.35. The Kier molecular flexibility index (Phi) is 3.84. The quantitative estimate of drug-likeness (QED) is 0.741. The van der Waals surface area contributed by atoms with Gasteiger partial charge in [0.05, 0.1) is 15.7 Å². The third-order valence-corrected chi connectivity index (χ3v) is 3.86. The van der Waals surface area contributed by atoms with Crippen LogP contribution in [0.4, 0.5) is 10.8 Å². The maximum atomic E-state index is 12.0. The van der Waals surface area contributed by atoms with Gasteiger partial charge in [-0.2, -0.15) is 0 Å². The average Bonchev–Trinajstić information content (AvgIpc) is 2.65. The molecular weight excluding hydrogens is 309 g/mol. The van der Waals surface area contributed by atoms with Gasteiger partial charge in [-0.1, -0.05) is 34.5 Å². The number of aromatic hydroxyl groups is 1. The van der Waals surface area contributed by atoms with Crippen LogP contribution in [0.15, 0.2) is 12.1 Å². The molecule has 0 fully saturated rings. The minimum Gasteiger partial charge on any atom is -0.505 e. The summed E-state index contributed by atoms with van der Waals surface area (Å²) in [4.78, 5) is 16.4. The van der Waals surface area contributed by atoms with E-state index in [4.69, 9.17) is 28.9 Å². The van der Waals surface area contributed by atoms with Crippen molar-refractivity contribution >= 4 is 51.3 Å². The van der Waals surface area contributed by atoms with Crippen LogP contribution in [0.25, 0.3) is 0 Å². The molecule has 0 aliphatic rings. The van der Waals surface area contributed by atoms with Crippen molar-refractivity contribution in [3.05, 3.63) is 32.7 Å². The summed E-state index contributed by atoms with van der Waals surface area (Å²) < 4.78 is 0. The van der Waals surface area contributed by atoms with Gasteiger partial charge in [-0.3, -0.25) is 4.79 Å². The van der Waals surface area contributed by atoms with Gasteiger partial charge in [0.15, 0.2) is 10.9 Å². The summed E-state index contributed by atoms with van der Waals surface area (Å²) in [5.41, 5.74) is 6.46. The molecule has 5 nitrogen and oxygen atoms in total. The summed E-state index contributed by atoms with van der Waals surface area (Å²) >= 11 is 12.6. The first-order valence-electron chi connectivity index (χ1n) is 5.10. The first-order valence-corrected chi connectivity index (χ1v) is 6.68. The van der Waals surface area contributed by atoms with Crippen molar-refractivity contribution in [3.63, 3.8) is 0 Å². The summed E-state index contributed by atoms with van der Waals surface area (Å²) in [6, 6.07) is 2.81. The molecule has 2 aromatic rings. The standard InChI is InChI=1S/C11H9Cl2N3O2S/c1-4-9(19-11(14)15-4)10(18)16-5-2-6(12)8(17)7(13)3-5/h2-3,17H,1H3,(H2,14,15)(H,16,18). The summed E-state index contributed by atoms with van der Waals surface area (Å²) in [7, 11) is 0. The minimum absolute atomic E-state index is 0.0586. The third-order valence-electron chi connectivity index (χ3n) is 2.29. The first kappa shape index (κ1) is 13.9. The third kappa shape index (κ3) is 2.91. The van der Waals surface area contributed by atoms with Gasteiger partial charge in [-0.05, 0) is 19.1 Å². The number of nitrogens with two attached hydrogens (primary N) is 1. The van der Waals surface area contributed by atoms with Gasteiger partial charge in [0.1, 0.15) is 4.88 Å². The Balaban J connectivity index is 2.27. The summed E-state index contributed by atoms with van der Waals surface area (Å²) in [6.07, 6.45) is 0. The number of amides is 1. The van der Waals surface area contributed by atoms with E-state index in [1.807, 2.05) is 0 Å². The van der Waals surface area contributed by atoms with Crippen LogP contribution in [-0.4, -0.2) is 16.0 Å². The summed E-state index contributed by atoms with van der Waals surface area (Å²) in [5.74, 6) is -0.580. The minimum atomic E-state index is -0.357. The molecule has 1 amide bonds. The molecule has 2 rings (SSSR count). The Hall–Kier alpha value is -1.50. The van der Waals surface area contributed by atoms with Gasteiger partial charge in [-0.25, -0.2) is 4.98 Å². The smallest absolute Gasteiger partial charge is 0.267 e. The van der Waals surface area contributed by atoms with E-state index in [0.717, 1.165) is 11.3 Å². The highest BCUT2D eigenvalue weighted by Gasteiger charge is 2.15. The molecule has 0 radical (unpaired) electrons. The number of rotatable bonds is 2. The molecule has 8 heteroatoms. The normalized spacial score (nSPS) is 10.5. The number of aryl methyl sites for hydroxylation is 1. The van der Waals surface area contributed by atoms with Crippen LogP contribution in [0.2, 0.25) is 10.0 Å². The Morgan fingerprint density at radius 1 is 1.42 bits per heavy atom. The molecule has 100 valence electrons. The van der Waals surface area contributed by atoms with Gasteiger partial charge >= 0.3 is 0 Å². The van der Waals surface area contributed by atoms with E-state index < -0.39 is 0 Å². The number of thiazole rings is 1. The van der Waals surface area contributed by atoms with Crippen LogP contribution in [0.5, 0.6) is 5.75 Å². The SMILES string of the molecule is Cc1nc(N)sc1C(=O)Nc1cc(Cl)c(O)c(Cl)c1. The monoisotopic (exact) mass is 317 g/mol. The van der Waals surface area contributed by atoms with E-state index in [-0.39, 0.29) is 21.7 Å². The fourth-order valence-electron chi connectivity index (χ4n) is 1.45. The summed E-state index contributed by atoms with van der Waals surface area (Å²) in [5, 5.41) is 12.5. The molecule has 0 aliphatic heterocycles. The Morgan fingerprint density at radius 3 is 2.47 bits per heavy atom. The van der Waals surface area contributed by atoms with E-state index >= 15 is 0 Å². The molecule has 4 N–H and O–H groups in total. The molecule has 0 aliphatic carbocycles. The maximum Gasteiger partial charge on any atom is 0.267 e. The number of hydrogen-bond donors (Lipinski definition) is 3. The molecule has 0 bridgehead atoms. The lowest BCUT2D eigenvalue weighted by molar-refractivity contribution is 0.103. The number of nitrogens with one attached hydrogen (secondary N) is 1. The van der Waals surface area contributed by atoms with Crippen LogP contribution in [-0.2, 0) is 0 Å². The van der Waals surface area contributed by atoms with Crippen molar-refractivity contribution in [2.75, 3.05) is 11.1 Å². The highest BCUT2D eigenvalue weighted by molar-refractivity contribution is 7.17. The molecule has 0 atom stereocenters. The van der Waals surface area contributed by atoms with Crippen LogP contribution < -0.4 is 11.1 Å². The van der Waals surface area contributed by atoms with Crippen molar-refractivity contribution in [2.45, 2.75) is 6.92 Å². The van der Waals surface area contributed by atoms with Crippen LogP contribution >= 0.6 is 34.5 Å². The zero-order chi connectivity index (χ0) is 14.2. The first-order chi connectivity index (χ1) is 8.88. The molecule has 1 aromatic carbocycles. The lowest BCUT2D eigenvalue weighted by Crippen LogP contribution is -2.11. The lowest BCUT2D eigenvalue weighted by Gasteiger charge is -2.07. The Labute approximate surface area is 123 Å². The van der Waals surface area contributed by atoms with E-state index in [1.165, 1.54) is 12.1 Å². The number of carbonyl (C=O) groups is 1. The van der Waals surface area contributed by atoms with Crippen molar-refractivity contribution in [3.8, 4) is 5.75 Å². The summed E-state index contributed by atoms with van der Waals surface area (Å²) in [6.45, 7) is 1.69. The van der Waals surface area contributed by atoms with Gasteiger partial charge in [-0.15, -0.1) is 0 Å². The number of benzene rings is 1. The predicted molar refractivity (Wildman–Crippen MR) is 77.3 cm³/mol. The number of carbonyl (C=O) groups excluding carboxylic acids is 1. The Morgan fingerprint density at radius 2 is 2.00 bits per heavy atom. The fourth-order valence-corrected chi connectivity index (χ4v) is 2.67. The second-order valence-corrected chi connectivity index (χ2v) is 5.55. The topological polar surface area (TPSA) is 88.2 Å². The average molecular weight is 318 g/mol. The van der Waals surface area contributed by atoms with Crippen molar-refractivity contribution in [1.29, 1.82) is 0 Å². The Bertz CT molecular complexity index is 634. The van der Waals surface area contributed by atoms with Crippen molar-refractivity contribution in [2.24, 2.45) is 0 Å². The molecular formula is C11H9Cl2N3O2S. The fraction of sp³-hybridized carbons (Fsp3) is 0.0909. The largest absolute Gasteiger partial charge is 0.505 e. The highest BCUT2D eigenvalue weighted by atomic mass is 35.5. The number of aromatic nitrogens is 1. The second-order valence-electron chi connectivity index (χ2n) is 3.71. The van der Waals surface area contributed by atoms with Gasteiger partial charge in [0.25, 0.3) is 5.91 Å². The number of nitrogens with zero attached hydrogens (tertiary/aromatic N) is 1. The van der Waals surface area contributed by atoms with Gasteiger partial charge in [0, 0.05) is 5.69 Å². The van der Waals surface area contributed by atoms with Crippen molar-refractivity contribution < 1.29 is 9.90 Å². The van der Waals surface area contributed by atoms with E-state index in [0.29, 0.717) is 21.4 Å². The number of nitrogen functional groups attached to an aromatic ring is 1. The molecule has 1 heterocycles. The van der Waals surface area contributed by atoms with Crippen LogP contribution in [0.1, 0.15) is 15.4 Å².